The molecule has 0 radical (unpaired) electrons. The van der Waals surface area contributed by atoms with E-state index >= 15 is 0 Å². The van der Waals surface area contributed by atoms with Crippen LogP contribution in [-0.2, 0) is 16.0 Å². The minimum Gasteiger partial charge on any atom is -0.481 e. The van der Waals surface area contributed by atoms with Crippen LogP contribution in [0.2, 0.25) is 0 Å². The third-order valence-corrected chi connectivity index (χ3v) is 3.92. The monoisotopic (exact) mass is 427 g/mol. The fourth-order valence-corrected chi connectivity index (χ4v) is 2.50. The van der Waals surface area contributed by atoms with Crippen molar-refractivity contribution >= 4 is 28.9 Å². The zero-order valence-corrected chi connectivity index (χ0v) is 15.1. The van der Waals surface area contributed by atoms with Crippen LogP contribution in [0.3, 0.4) is 0 Å². The van der Waals surface area contributed by atoms with Gasteiger partial charge in [-0.2, -0.15) is 0 Å². The lowest BCUT2D eigenvalue weighted by molar-refractivity contribution is -0.137. The molecule has 0 fully saturated rings. The predicted octanol–water partition coefficient (Wildman–Crippen LogP) is 4.67. The van der Waals surface area contributed by atoms with Crippen molar-refractivity contribution in [3.05, 3.63) is 76.8 Å². The number of carbonyl (C=O) groups is 2. The summed E-state index contributed by atoms with van der Waals surface area (Å²) in [5, 5.41) is 17.8. The highest BCUT2D eigenvalue weighted by molar-refractivity contribution is 5.85. The molecular formula is C20H14F5NO4. The summed E-state index contributed by atoms with van der Waals surface area (Å²) in [6, 6.07) is 7.91. The third kappa shape index (κ3) is 5.22. The number of para-hydroxylation sites is 1. The Kier molecular flexibility index (Phi) is 7.29. The quantitative estimate of drug-likeness (QED) is 0.239. The largest absolute Gasteiger partial charge is 0.481 e. The van der Waals surface area contributed by atoms with E-state index in [-0.39, 0.29) is 12.5 Å². The van der Waals surface area contributed by atoms with Crippen LogP contribution in [0.1, 0.15) is 17.5 Å². The van der Waals surface area contributed by atoms with Gasteiger partial charge in [0, 0.05) is 29.6 Å². The van der Waals surface area contributed by atoms with Crippen LogP contribution in [0.25, 0.3) is 17.0 Å². The molecule has 30 heavy (non-hydrogen) atoms. The normalized spacial score (nSPS) is 10.8. The smallest absolute Gasteiger partial charge is 0.328 e. The van der Waals surface area contributed by atoms with E-state index < -0.39 is 46.6 Å². The number of aryl methyl sites for hydroxylation is 1. The number of carboxylic acids is 2. The van der Waals surface area contributed by atoms with Crippen molar-refractivity contribution in [1.82, 2.24) is 4.98 Å². The zero-order valence-electron chi connectivity index (χ0n) is 15.1. The fourth-order valence-electron chi connectivity index (χ4n) is 2.50. The molecule has 3 aromatic rings. The molecule has 0 amide bonds. The molecule has 3 N–H and O–H groups in total. The molecule has 0 atom stereocenters. The Hall–Kier alpha value is -3.69. The average Bonchev–Trinajstić information content (AvgIpc) is 3.13. The van der Waals surface area contributed by atoms with Crippen molar-refractivity contribution in [3.8, 4) is 0 Å². The lowest BCUT2D eigenvalue weighted by Crippen LogP contribution is -2.04. The summed E-state index contributed by atoms with van der Waals surface area (Å²) >= 11 is 0. The van der Waals surface area contributed by atoms with E-state index in [1.165, 1.54) is 0 Å². The lowest BCUT2D eigenvalue weighted by Gasteiger charge is -2.03. The third-order valence-electron chi connectivity index (χ3n) is 3.92. The maximum Gasteiger partial charge on any atom is 0.328 e. The molecule has 158 valence electrons. The topological polar surface area (TPSA) is 90.4 Å². The molecule has 0 saturated heterocycles. The molecule has 0 spiro atoms. The number of fused-ring (bicyclic) bond motifs is 1. The molecule has 0 aliphatic heterocycles. The van der Waals surface area contributed by atoms with Crippen LogP contribution in [0, 0.1) is 29.1 Å². The van der Waals surface area contributed by atoms with E-state index in [0.29, 0.717) is 12.5 Å². The average molecular weight is 427 g/mol. The summed E-state index contributed by atoms with van der Waals surface area (Å²) < 4.78 is 63.5. The van der Waals surface area contributed by atoms with Gasteiger partial charge in [0.1, 0.15) is 0 Å². The maximum atomic E-state index is 12.9. The lowest BCUT2D eigenvalue weighted by atomic mass is 10.1. The van der Waals surface area contributed by atoms with Crippen LogP contribution in [0.5, 0.6) is 0 Å². The molecule has 0 bridgehead atoms. The van der Waals surface area contributed by atoms with E-state index in [9.17, 15) is 31.5 Å². The Morgan fingerprint density at radius 1 is 0.900 bits per heavy atom. The van der Waals surface area contributed by atoms with Gasteiger partial charge in [0.05, 0.1) is 5.56 Å². The summed E-state index contributed by atoms with van der Waals surface area (Å²) in [6.07, 6.45) is 3.20. The molecule has 0 aliphatic carbocycles. The second kappa shape index (κ2) is 9.68. The van der Waals surface area contributed by atoms with Crippen molar-refractivity contribution in [1.29, 1.82) is 0 Å². The molecule has 1 heterocycles. The Balaban J connectivity index is 0.000000215. The minimum absolute atomic E-state index is 0.182. The molecule has 3 rings (SSSR count). The van der Waals surface area contributed by atoms with E-state index in [4.69, 9.17) is 10.2 Å². The first-order chi connectivity index (χ1) is 14.1. The number of rotatable bonds is 5. The SMILES string of the molecule is O=C(O)C=Cc1c(F)c(F)c(F)c(F)c1F.O=C(O)CCc1c[nH]c2ccccc12. The first kappa shape index (κ1) is 22.6. The van der Waals surface area contributed by atoms with Crippen molar-refractivity contribution < 1.29 is 41.8 Å². The molecule has 2 aromatic carbocycles. The number of nitrogens with one attached hydrogen (secondary N) is 1. The highest BCUT2D eigenvalue weighted by atomic mass is 19.2. The minimum atomic E-state index is -2.29. The van der Waals surface area contributed by atoms with E-state index in [1.807, 2.05) is 30.5 Å². The summed E-state index contributed by atoms with van der Waals surface area (Å²) in [4.78, 5) is 23.6. The molecule has 10 heteroatoms. The van der Waals surface area contributed by atoms with Gasteiger partial charge in [-0.1, -0.05) is 18.2 Å². The van der Waals surface area contributed by atoms with Gasteiger partial charge in [0.25, 0.3) is 0 Å². The molecular weight excluding hydrogens is 413 g/mol. The van der Waals surface area contributed by atoms with Crippen molar-refractivity contribution in [2.24, 2.45) is 0 Å². The number of H-pyrrole nitrogens is 1. The molecule has 1 aromatic heterocycles. The number of carboxylic acid groups (broad SMARTS) is 2. The zero-order chi connectivity index (χ0) is 22.4. The number of benzene rings is 2. The molecule has 0 aliphatic rings. The number of aliphatic carboxylic acids is 2. The summed E-state index contributed by atoms with van der Waals surface area (Å²) in [5.74, 6) is -13.0. The Bertz CT molecular complexity index is 1090. The number of aromatic amines is 1. The summed E-state index contributed by atoms with van der Waals surface area (Å²) in [6.45, 7) is 0. The van der Waals surface area contributed by atoms with Gasteiger partial charge in [-0.15, -0.1) is 0 Å². The maximum absolute atomic E-state index is 12.9. The number of hydrogen-bond donors (Lipinski definition) is 3. The Morgan fingerprint density at radius 2 is 1.47 bits per heavy atom. The predicted molar refractivity (Wildman–Crippen MR) is 97.2 cm³/mol. The van der Waals surface area contributed by atoms with Gasteiger partial charge in [0.15, 0.2) is 23.3 Å². The molecule has 5 nitrogen and oxygen atoms in total. The van der Waals surface area contributed by atoms with Crippen LogP contribution in [0.4, 0.5) is 22.0 Å². The van der Waals surface area contributed by atoms with Gasteiger partial charge >= 0.3 is 11.9 Å². The van der Waals surface area contributed by atoms with E-state index in [2.05, 4.69) is 4.98 Å². The second-order valence-corrected chi connectivity index (χ2v) is 5.91. The van der Waals surface area contributed by atoms with Crippen LogP contribution < -0.4 is 0 Å². The standard InChI is InChI=1S/C11H11NO2.C9H3F5O2/c13-11(14)6-5-8-7-12-10-4-2-1-3-9(8)10;10-5-3(1-2-4(15)16)6(11)8(13)9(14)7(5)12/h1-4,7,12H,5-6H2,(H,13,14);1-2H,(H,15,16). The Morgan fingerprint density at radius 3 is 2.03 bits per heavy atom. The summed E-state index contributed by atoms with van der Waals surface area (Å²) in [7, 11) is 0. The van der Waals surface area contributed by atoms with Gasteiger partial charge in [-0.25, -0.2) is 26.7 Å². The highest BCUT2D eigenvalue weighted by Crippen LogP contribution is 2.24. The van der Waals surface area contributed by atoms with Gasteiger partial charge in [0.2, 0.25) is 5.82 Å². The highest BCUT2D eigenvalue weighted by Gasteiger charge is 2.24. The van der Waals surface area contributed by atoms with Gasteiger partial charge in [-0.05, 0) is 24.1 Å². The van der Waals surface area contributed by atoms with E-state index in [1.54, 1.807) is 0 Å². The number of aromatic nitrogens is 1. The van der Waals surface area contributed by atoms with Crippen LogP contribution >= 0.6 is 0 Å². The summed E-state index contributed by atoms with van der Waals surface area (Å²) in [5.41, 5.74) is 0.842. The van der Waals surface area contributed by atoms with Gasteiger partial charge in [-0.3, -0.25) is 4.79 Å². The van der Waals surface area contributed by atoms with Crippen LogP contribution in [0.15, 0.2) is 36.5 Å². The van der Waals surface area contributed by atoms with E-state index in [0.717, 1.165) is 16.5 Å². The van der Waals surface area contributed by atoms with Crippen molar-refractivity contribution in [3.63, 3.8) is 0 Å². The van der Waals surface area contributed by atoms with Crippen molar-refractivity contribution in [2.75, 3.05) is 0 Å². The molecule has 0 unspecified atom stereocenters. The first-order valence-electron chi connectivity index (χ1n) is 8.32. The van der Waals surface area contributed by atoms with Crippen molar-refractivity contribution in [2.45, 2.75) is 12.8 Å². The van der Waals surface area contributed by atoms with Crippen LogP contribution in [-0.4, -0.2) is 27.1 Å². The fraction of sp³-hybridized carbons (Fsp3) is 0.100. The first-order valence-corrected chi connectivity index (χ1v) is 8.32. The number of hydrogen-bond acceptors (Lipinski definition) is 2. The van der Waals surface area contributed by atoms with Gasteiger partial charge < -0.3 is 15.2 Å². The second-order valence-electron chi connectivity index (χ2n) is 5.91. The number of halogens is 5. The Labute approximate surface area is 166 Å². The molecule has 0 saturated carbocycles.